The molecular formula is C20H22F3N5O3. The molecule has 2 aromatic heterocycles. The van der Waals surface area contributed by atoms with Crippen LogP contribution in [0.1, 0.15) is 23.4 Å². The summed E-state index contributed by atoms with van der Waals surface area (Å²) in [4.78, 5) is 25.2. The number of hydrogen-bond donors (Lipinski definition) is 2. The number of aliphatic carboxylic acids is 1. The highest BCUT2D eigenvalue weighted by molar-refractivity contribution is 5.90. The molecule has 31 heavy (non-hydrogen) atoms. The fourth-order valence-corrected chi connectivity index (χ4v) is 2.49. The zero-order valence-electron chi connectivity index (χ0n) is 17.1. The fraction of sp³-hybridized carbons (Fsp3) is 0.300. The summed E-state index contributed by atoms with van der Waals surface area (Å²) < 4.78 is 35.5. The summed E-state index contributed by atoms with van der Waals surface area (Å²) in [6, 6.07) is 7.75. The van der Waals surface area contributed by atoms with Crippen molar-refractivity contribution in [3.05, 3.63) is 59.9 Å². The molecule has 11 heteroatoms. The molecular weight excluding hydrogens is 415 g/mol. The molecule has 0 fully saturated rings. The Bertz CT molecular complexity index is 1040. The Hall–Kier alpha value is -3.63. The molecule has 8 nitrogen and oxygen atoms in total. The summed E-state index contributed by atoms with van der Waals surface area (Å²) in [7, 11) is 0. The van der Waals surface area contributed by atoms with Crippen LogP contribution in [0.15, 0.2) is 43.0 Å². The van der Waals surface area contributed by atoms with Gasteiger partial charge in [0.05, 0.1) is 18.2 Å². The topological polar surface area (TPSA) is 102 Å². The van der Waals surface area contributed by atoms with Crippen LogP contribution in [0.4, 0.5) is 18.9 Å². The molecule has 2 heterocycles. The number of benzene rings is 1. The van der Waals surface area contributed by atoms with E-state index in [1.165, 1.54) is 0 Å². The monoisotopic (exact) mass is 437 g/mol. The zero-order valence-corrected chi connectivity index (χ0v) is 17.1. The van der Waals surface area contributed by atoms with Crippen LogP contribution < -0.4 is 5.32 Å². The second-order valence-corrected chi connectivity index (χ2v) is 6.71. The number of anilines is 1. The molecule has 3 rings (SSSR count). The number of halogens is 3. The van der Waals surface area contributed by atoms with Gasteiger partial charge in [-0.15, -0.1) is 0 Å². The van der Waals surface area contributed by atoms with Crippen molar-refractivity contribution in [2.75, 3.05) is 5.32 Å². The summed E-state index contributed by atoms with van der Waals surface area (Å²) in [6.45, 7) is 6.58. The minimum atomic E-state index is -5.08. The van der Waals surface area contributed by atoms with Gasteiger partial charge in [-0.2, -0.15) is 18.3 Å². The third kappa shape index (κ3) is 6.98. The molecule has 1 aromatic carbocycles. The number of rotatable bonds is 5. The van der Waals surface area contributed by atoms with Gasteiger partial charge in [0.2, 0.25) is 5.91 Å². The standard InChI is InChI=1S/C18H21N5O.C2HF3O2/c1-13-10-20-22(11-13)9-8-18(24)21-16-4-6-17(7-5-16)23-12-19-14(2)15(23)3;3-2(4,5)1(6)7/h4-7,10-12H,8-9H2,1-3H3,(H,21,24);(H,6,7). The molecule has 0 spiro atoms. The Morgan fingerprint density at radius 2 is 1.74 bits per heavy atom. The normalized spacial score (nSPS) is 10.9. The van der Waals surface area contributed by atoms with Crippen LogP contribution in [0.25, 0.3) is 5.69 Å². The summed E-state index contributed by atoms with van der Waals surface area (Å²) in [5.74, 6) is -2.78. The number of carbonyl (C=O) groups excluding carboxylic acids is 1. The Morgan fingerprint density at radius 3 is 2.19 bits per heavy atom. The zero-order chi connectivity index (χ0) is 23.2. The number of amides is 1. The van der Waals surface area contributed by atoms with Crippen LogP contribution in [0.5, 0.6) is 0 Å². The molecule has 1 amide bonds. The lowest BCUT2D eigenvalue weighted by molar-refractivity contribution is -0.192. The Kier molecular flexibility index (Phi) is 7.56. The van der Waals surface area contributed by atoms with E-state index in [-0.39, 0.29) is 5.91 Å². The SMILES string of the molecule is Cc1cnn(CCC(=O)Nc2ccc(-n3cnc(C)c3C)cc2)c1.O=C(O)C(F)(F)F. The largest absolute Gasteiger partial charge is 0.490 e. The maximum absolute atomic E-state index is 12.0. The summed E-state index contributed by atoms with van der Waals surface area (Å²) >= 11 is 0. The summed E-state index contributed by atoms with van der Waals surface area (Å²) in [5.41, 5.74) is 5.03. The first-order valence-electron chi connectivity index (χ1n) is 9.17. The summed E-state index contributed by atoms with van der Waals surface area (Å²) in [5, 5.41) is 14.2. The molecule has 0 unspecified atom stereocenters. The minimum absolute atomic E-state index is 0.0226. The Labute approximate surface area is 176 Å². The summed E-state index contributed by atoms with van der Waals surface area (Å²) in [6.07, 6.45) is 0.834. The van der Waals surface area contributed by atoms with E-state index >= 15 is 0 Å². The molecule has 0 atom stereocenters. The lowest BCUT2D eigenvalue weighted by atomic mass is 10.2. The van der Waals surface area contributed by atoms with Crippen molar-refractivity contribution in [1.29, 1.82) is 0 Å². The van der Waals surface area contributed by atoms with Crippen LogP contribution >= 0.6 is 0 Å². The van der Waals surface area contributed by atoms with Gasteiger partial charge in [-0.1, -0.05) is 0 Å². The average Bonchev–Trinajstić information content (AvgIpc) is 3.26. The molecule has 0 radical (unpaired) electrons. The number of nitrogens with one attached hydrogen (secondary N) is 1. The fourth-order valence-electron chi connectivity index (χ4n) is 2.49. The molecule has 0 saturated carbocycles. The van der Waals surface area contributed by atoms with E-state index in [0.29, 0.717) is 13.0 Å². The molecule has 3 aromatic rings. The van der Waals surface area contributed by atoms with E-state index in [1.807, 2.05) is 62.1 Å². The number of carboxylic acid groups (broad SMARTS) is 1. The van der Waals surface area contributed by atoms with E-state index in [9.17, 15) is 18.0 Å². The van der Waals surface area contributed by atoms with E-state index in [2.05, 4.69) is 15.4 Å². The van der Waals surface area contributed by atoms with Gasteiger partial charge in [-0.05, 0) is 50.6 Å². The number of alkyl halides is 3. The van der Waals surface area contributed by atoms with E-state index in [0.717, 1.165) is 28.3 Å². The maximum atomic E-state index is 12.0. The number of nitrogens with zero attached hydrogens (tertiary/aromatic N) is 4. The Balaban J connectivity index is 0.000000423. The third-order valence-corrected chi connectivity index (χ3v) is 4.25. The molecule has 0 bridgehead atoms. The van der Waals surface area contributed by atoms with Crippen molar-refractivity contribution >= 4 is 17.6 Å². The van der Waals surface area contributed by atoms with Gasteiger partial charge in [0.25, 0.3) is 0 Å². The second-order valence-electron chi connectivity index (χ2n) is 6.71. The number of carboxylic acids is 1. The quantitative estimate of drug-likeness (QED) is 0.634. The predicted octanol–water partition coefficient (Wildman–Crippen LogP) is 3.66. The van der Waals surface area contributed by atoms with Crippen molar-refractivity contribution in [2.24, 2.45) is 0 Å². The van der Waals surface area contributed by atoms with Crippen LogP contribution in [0.2, 0.25) is 0 Å². The van der Waals surface area contributed by atoms with Crippen LogP contribution in [0.3, 0.4) is 0 Å². The molecule has 0 aliphatic rings. The first-order valence-corrected chi connectivity index (χ1v) is 9.17. The van der Waals surface area contributed by atoms with Crippen molar-refractivity contribution < 1.29 is 27.9 Å². The lowest BCUT2D eigenvalue weighted by Gasteiger charge is -2.08. The van der Waals surface area contributed by atoms with Crippen molar-refractivity contribution in [2.45, 2.75) is 39.9 Å². The van der Waals surface area contributed by atoms with Crippen molar-refractivity contribution in [1.82, 2.24) is 19.3 Å². The van der Waals surface area contributed by atoms with Crippen molar-refractivity contribution in [3.63, 3.8) is 0 Å². The van der Waals surface area contributed by atoms with Gasteiger partial charge in [-0.25, -0.2) is 9.78 Å². The highest BCUT2D eigenvalue weighted by Crippen LogP contribution is 2.17. The van der Waals surface area contributed by atoms with Gasteiger partial charge >= 0.3 is 12.1 Å². The van der Waals surface area contributed by atoms with Gasteiger partial charge in [-0.3, -0.25) is 9.48 Å². The van der Waals surface area contributed by atoms with Crippen LogP contribution in [0, 0.1) is 20.8 Å². The molecule has 0 aliphatic carbocycles. The predicted molar refractivity (Wildman–Crippen MR) is 107 cm³/mol. The second kappa shape index (κ2) is 9.92. The van der Waals surface area contributed by atoms with E-state index in [1.54, 1.807) is 10.9 Å². The van der Waals surface area contributed by atoms with Crippen molar-refractivity contribution in [3.8, 4) is 5.69 Å². The van der Waals surface area contributed by atoms with Crippen LogP contribution in [-0.2, 0) is 16.1 Å². The highest BCUT2D eigenvalue weighted by atomic mass is 19.4. The minimum Gasteiger partial charge on any atom is -0.475 e. The van der Waals surface area contributed by atoms with Gasteiger partial charge in [0.15, 0.2) is 0 Å². The first-order chi connectivity index (χ1) is 14.5. The van der Waals surface area contributed by atoms with Gasteiger partial charge in [0.1, 0.15) is 0 Å². The first kappa shape index (κ1) is 23.6. The number of aryl methyl sites for hydroxylation is 3. The van der Waals surface area contributed by atoms with Gasteiger partial charge in [0, 0.05) is 36.2 Å². The van der Waals surface area contributed by atoms with Gasteiger partial charge < -0.3 is 15.0 Å². The molecule has 166 valence electrons. The van der Waals surface area contributed by atoms with E-state index < -0.39 is 12.1 Å². The van der Waals surface area contributed by atoms with E-state index in [4.69, 9.17) is 9.90 Å². The third-order valence-electron chi connectivity index (χ3n) is 4.25. The smallest absolute Gasteiger partial charge is 0.475 e. The maximum Gasteiger partial charge on any atom is 0.490 e. The highest BCUT2D eigenvalue weighted by Gasteiger charge is 2.38. The average molecular weight is 437 g/mol. The Morgan fingerprint density at radius 1 is 1.13 bits per heavy atom. The molecule has 0 saturated heterocycles. The number of imidazole rings is 1. The molecule has 0 aliphatic heterocycles. The molecule has 2 N–H and O–H groups in total. The number of hydrogen-bond acceptors (Lipinski definition) is 4. The number of aromatic nitrogens is 4. The van der Waals surface area contributed by atoms with Crippen LogP contribution in [-0.4, -0.2) is 42.5 Å². The lowest BCUT2D eigenvalue weighted by Crippen LogP contribution is -2.21. The number of carbonyl (C=O) groups is 2.